The third-order valence-corrected chi connectivity index (χ3v) is 5.42. The minimum Gasteiger partial charge on any atom is -0.328 e. The summed E-state index contributed by atoms with van der Waals surface area (Å²) in [5.41, 5.74) is 5.93. The summed E-state index contributed by atoms with van der Waals surface area (Å²) >= 11 is 5.86. The topological polar surface area (TPSA) is 72.2 Å². The smallest absolute Gasteiger partial charge is 0.212 e. The van der Waals surface area contributed by atoms with E-state index in [9.17, 15) is 12.8 Å². The summed E-state index contributed by atoms with van der Waals surface area (Å²) in [4.78, 5) is 0. The lowest BCUT2D eigenvalue weighted by molar-refractivity contribution is 0.540. The van der Waals surface area contributed by atoms with Gasteiger partial charge in [-0.3, -0.25) is 0 Å². The van der Waals surface area contributed by atoms with Crippen molar-refractivity contribution in [2.75, 3.05) is 5.75 Å². The van der Waals surface area contributed by atoms with Gasteiger partial charge >= 0.3 is 0 Å². The molecule has 2 atom stereocenters. The molecule has 1 saturated carbocycles. The molecule has 4 nitrogen and oxygen atoms in total. The third-order valence-electron chi connectivity index (χ3n) is 3.57. The van der Waals surface area contributed by atoms with Crippen LogP contribution < -0.4 is 10.5 Å². The lowest BCUT2D eigenvalue weighted by Crippen LogP contribution is -2.29. The molecule has 3 N–H and O–H groups in total. The number of hydrogen-bond acceptors (Lipinski definition) is 3. The molecule has 1 aromatic carbocycles. The molecule has 2 rings (SSSR count). The summed E-state index contributed by atoms with van der Waals surface area (Å²) in [6, 6.07) is 4.36. The Bertz CT molecular complexity index is 559. The van der Waals surface area contributed by atoms with Crippen LogP contribution in [-0.4, -0.2) is 20.2 Å². The molecule has 0 amide bonds. The van der Waals surface area contributed by atoms with Gasteiger partial charge in [0.05, 0.1) is 5.75 Å². The standard InChI is InChI=1S/C13H18ClFN2O2S/c14-12-2-1-3-13(15)11(12)7-17-20(18,19)8-9-4-5-10(16)6-9/h1-3,9-10,17H,4-8,16H2/t9-,10+/m0/s1. The average Bonchev–Trinajstić information content (AvgIpc) is 2.73. The number of benzene rings is 1. The average molecular weight is 321 g/mol. The second kappa shape index (κ2) is 6.39. The van der Waals surface area contributed by atoms with Crippen molar-refractivity contribution >= 4 is 21.6 Å². The van der Waals surface area contributed by atoms with E-state index >= 15 is 0 Å². The van der Waals surface area contributed by atoms with E-state index in [0.29, 0.717) is 0 Å². The molecule has 0 radical (unpaired) electrons. The van der Waals surface area contributed by atoms with Crippen LogP contribution in [0.3, 0.4) is 0 Å². The maximum absolute atomic E-state index is 13.5. The highest BCUT2D eigenvalue weighted by Crippen LogP contribution is 2.25. The summed E-state index contributed by atoms with van der Waals surface area (Å²) in [5.74, 6) is -0.395. The van der Waals surface area contributed by atoms with Crippen LogP contribution in [0.1, 0.15) is 24.8 Å². The van der Waals surface area contributed by atoms with Gasteiger partial charge in [0.2, 0.25) is 10.0 Å². The molecule has 0 spiro atoms. The first-order chi connectivity index (χ1) is 9.37. The van der Waals surface area contributed by atoms with Gasteiger partial charge in [-0.2, -0.15) is 0 Å². The summed E-state index contributed by atoms with van der Waals surface area (Å²) < 4.78 is 39.9. The van der Waals surface area contributed by atoms with Crippen molar-refractivity contribution in [2.24, 2.45) is 11.7 Å². The number of nitrogens with one attached hydrogen (secondary N) is 1. The first kappa shape index (κ1) is 15.7. The molecule has 0 heterocycles. The Morgan fingerprint density at radius 1 is 1.40 bits per heavy atom. The van der Waals surface area contributed by atoms with E-state index in [2.05, 4.69) is 4.72 Å². The minimum absolute atomic E-state index is 0.0345. The number of hydrogen-bond donors (Lipinski definition) is 2. The molecule has 1 aromatic rings. The lowest BCUT2D eigenvalue weighted by atomic mass is 10.1. The predicted molar refractivity (Wildman–Crippen MR) is 77.4 cm³/mol. The van der Waals surface area contributed by atoms with Crippen LogP contribution in [0.4, 0.5) is 4.39 Å². The molecule has 1 fully saturated rings. The molecule has 0 aromatic heterocycles. The molecule has 7 heteroatoms. The summed E-state index contributed by atoms with van der Waals surface area (Å²) in [5, 5.41) is 0.218. The van der Waals surface area contributed by atoms with Crippen molar-refractivity contribution in [3.05, 3.63) is 34.6 Å². The quantitative estimate of drug-likeness (QED) is 0.872. The molecule has 20 heavy (non-hydrogen) atoms. The lowest BCUT2D eigenvalue weighted by Gasteiger charge is -2.12. The van der Waals surface area contributed by atoms with E-state index in [4.69, 9.17) is 17.3 Å². The Hall–Kier alpha value is -0.690. The highest BCUT2D eigenvalue weighted by atomic mass is 35.5. The van der Waals surface area contributed by atoms with Crippen molar-refractivity contribution in [1.82, 2.24) is 4.72 Å². The molecule has 1 aliphatic carbocycles. The van der Waals surface area contributed by atoms with Crippen LogP contribution >= 0.6 is 11.6 Å². The normalized spacial score (nSPS) is 23.1. The van der Waals surface area contributed by atoms with E-state index in [1.807, 2.05) is 0 Å². The summed E-state index contributed by atoms with van der Waals surface area (Å²) in [7, 11) is -3.45. The van der Waals surface area contributed by atoms with Crippen molar-refractivity contribution in [1.29, 1.82) is 0 Å². The number of nitrogens with two attached hydrogens (primary N) is 1. The molecular weight excluding hydrogens is 303 g/mol. The fourth-order valence-electron chi connectivity index (χ4n) is 2.52. The van der Waals surface area contributed by atoms with Gasteiger partial charge < -0.3 is 5.73 Å². The van der Waals surface area contributed by atoms with Crippen LogP contribution in [0.25, 0.3) is 0 Å². The monoisotopic (exact) mass is 320 g/mol. The van der Waals surface area contributed by atoms with Gasteiger partial charge in [-0.25, -0.2) is 17.5 Å². The molecular formula is C13H18ClFN2O2S. The Labute approximate surface area is 123 Å². The predicted octanol–water partition coefficient (Wildman–Crippen LogP) is 2.03. The van der Waals surface area contributed by atoms with Crippen molar-refractivity contribution in [3.63, 3.8) is 0 Å². The van der Waals surface area contributed by atoms with Crippen molar-refractivity contribution < 1.29 is 12.8 Å². The Kier molecular flexibility index (Phi) is 5.01. The summed E-state index contributed by atoms with van der Waals surface area (Å²) in [6.45, 7) is -0.132. The molecule has 0 bridgehead atoms. The minimum atomic E-state index is -3.45. The van der Waals surface area contributed by atoms with Crippen LogP contribution in [0.5, 0.6) is 0 Å². The molecule has 0 saturated heterocycles. The van der Waals surface area contributed by atoms with Crippen LogP contribution in [-0.2, 0) is 16.6 Å². The Morgan fingerprint density at radius 2 is 2.15 bits per heavy atom. The fourth-order valence-corrected chi connectivity index (χ4v) is 4.15. The largest absolute Gasteiger partial charge is 0.328 e. The number of rotatable bonds is 5. The van der Waals surface area contributed by atoms with Crippen LogP contribution in [0, 0.1) is 11.7 Å². The number of halogens is 2. The molecule has 0 aliphatic heterocycles. The van der Waals surface area contributed by atoms with Gasteiger partial charge in [0.25, 0.3) is 0 Å². The van der Waals surface area contributed by atoms with Gasteiger partial charge in [0, 0.05) is 23.2 Å². The van der Waals surface area contributed by atoms with Crippen molar-refractivity contribution in [3.8, 4) is 0 Å². The van der Waals surface area contributed by atoms with E-state index < -0.39 is 15.8 Å². The third kappa shape index (κ3) is 4.15. The summed E-state index contributed by atoms with van der Waals surface area (Å²) in [6.07, 6.45) is 2.41. The van der Waals surface area contributed by atoms with Gasteiger partial charge in [-0.1, -0.05) is 17.7 Å². The maximum atomic E-state index is 13.5. The maximum Gasteiger partial charge on any atom is 0.212 e. The van der Waals surface area contributed by atoms with Gasteiger partial charge in [-0.15, -0.1) is 0 Å². The molecule has 1 aliphatic rings. The molecule has 0 unspecified atom stereocenters. The number of sulfonamides is 1. The highest BCUT2D eigenvalue weighted by molar-refractivity contribution is 7.89. The van der Waals surface area contributed by atoms with Gasteiger partial charge in [0.15, 0.2) is 0 Å². The Balaban J connectivity index is 1.95. The highest BCUT2D eigenvalue weighted by Gasteiger charge is 2.26. The van der Waals surface area contributed by atoms with Crippen LogP contribution in [0.15, 0.2) is 18.2 Å². The van der Waals surface area contributed by atoms with Crippen molar-refractivity contribution in [2.45, 2.75) is 31.8 Å². The zero-order chi connectivity index (χ0) is 14.8. The zero-order valence-corrected chi connectivity index (χ0v) is 12.6. The van der Waals surface area contributed by atoms with E-state index in [-0.39, 0.29) is 34.8 Å². The Morgan fingerprint density at radius 3 is 2.75 bits per heavy atom. The SMILES string of the molecule is N[C@@H]1CC[C@H](CS(=O)(=O)NCc2c(F)cccc2Cl)C1. The van der Waals surface area contributed by atoms with Gasteiger partial charge in [0.1, 0.15) is 5.82 Å². The second-order valence-electron chi connectivity index (χ2n) is 5.24. The first-order valence-corrected chi connectivity index (χ1v) is 8.56. The fraction of sp³-hybridized carbons (Fsp3) is 0.538. The van der Waals surface area contributed by atoms with Crippen LogP contribution in [0.2, 0.25) is 5.02 Å². The second-order valence-corrected chi connectivity index (χ2v) is 7.50. The zero-order valence-electron chi connectivity index (χ0n) is 11.0. The van der Waals surface area contributed by atoms with Gasteiger partial charge in [-0.05, 0) is 37.3 Å². The van der Waals surface area contributed by atoms with E-state index in [1.54, 1.807) is 0 Å². The molecule has 112 valence electrons. The first-order valence-electron chi connectivity index (χ1n) is 6.53. The van der Waals surface area contributed by atoms with E-state index in [0.717, 1.165) is 19.3 Å². The van der Waals surface area contributed by atoms with E-state index in [1.165, 1.54) is 18.2 Å².